The maximum absolute atomic E-state index is 12.8. The molecule has 0 saturated heterocycles. The number of hydrogen-bond acceptors (Lipinski definition) is 7. The van der Waals surface area contributed by atoms with Gasteiger partial charge in [-0.1, -0.05) is 44.2 Å². The van der Waals surface area contributed by atoms with E-state index < -0.39 is 29.7 Å². The molecule has 0 spiro atoms. The summed E-state index contributed by atoms with van der Waals surface area (Å²) in [6.45, 7) is 3.02. The van der Waals surface area contributed by atoms with Gasteiger partial charge in [0.25, 0.3) is 0 Å². The van der Waals surface area contributed by atoms with E-state index in [9.17, 15) is 28.8 Å². The predicted molar refractivity (Wildman–Crippen MR) is 140 cm³/mol. The molecular weight excluding hydrogens is 500 g/mol. The van der Waals surface area contributed by atoms with Crippen molar-refractivity contribution in [2.75, 3.05) is 32.6 Å². The summed E-state index contributed by atoms with van der Waals surface area (Å²) in [5.74, 6) is -1.86. The number of hydrogen-bond donors (Lipinski definition) is 6. The van der Waals surface area contributed by atoms with Crippen LogP contribution in [0.25, 0.3) is 0 Å². The number of benzene rings is 1. The number of carbonyl (C=O) groups excluding carboxylic acids is 6. The van der Waals surface area contributed by atoms with Crippen LogP contribution in [0.3, 0.4) is 0 Å². The van der Waals surface area contributed by atoms with Gasteiger partial charge in [0.05, 0.1) is 25.5 Å². The van der Waals surface area contributed by atoms with Crippen molar-refractivity contribution in [1.29, 1.82) is 0 Å². The summed E-state index contributed by atoms with van der Waals surface area (Å²) in [5.41, 5.74) is 0.794. The first-order valence-corrected chi connectivity index (χ1v) is 12.7. The zero-order valence-corrected chi connectivity index (χ0v) is 22.2. The van der Waals surface area contributed by atoms with Crippen molar-refractivity contribution in [2.45, 2.75) is 43.9 Å². The number of amides is 6. The monoisotopic (exact) mass is 536 g/mol. The maximum Gasteiger partial charge on any atom is 0.243 e. The molecule has 6 amide bonds. The summed E-state index contributed by atoms with van der Waals surface area (Å²) in [7, 11) is 1.58. The van der Waals surface area contributed by atoms with E-state index in [1.165, 1.54) is 11.8 Å². The SMILES string of the molecule is CNC(=O)CCC(C)(C)SCNC(=O)CNC(=O)C(Cc1ccccc1)NC(=O)CNC(=O)CNC=O. The van der Waals surface area contributed by atoms with E-state index in [2.05, 4.69) is 31.9 Å². The molecule has 1 aromatic rings. The van der Waals surface area contributed by atoms with Gasteiger partial charge < -0.3 is 31.9 Å². The molecule has 0 aliphatic carbocycles. The Balaban J connectivity index is 2.57. The summed E-state index contributed by atoms with van der Waals surface area (Å²) in [4.78, 5) is 70.6. The van der Waals surface area contributed by atoms with Crippen LogP contribution in [-0.2, 0) is 35.2 Å². The van der Waals surface area contributed by atoms with E-state index in [1.807, 2.05) is 19.9 Å². The molecule has 6 N–H and O–H groups in total. The second-order valence-corrected chi connectivity index (χ2v) is 10.3. The van der Waals surface area contributed by atoms with Crippen molar-refractivity contribution in [3.8, 4) is 0 Å². The highest BCUT2D eigenvalue weighted by Crippen LogP contribution is 2.28. The van der Waals surface area contributed by atoms with Gasteiger partial charge in [-0.3, -0.25) is 28.8 Å². The number of rotatable bonds is 17. The highest BCUT2D eigenvalue weighted by atomic mass is 32.2. The first-order chi connectivity index (χ1) is 17.6. The van der Waals surface area contributed by atoms with Gasteiger partial charge in [0.2, 0.25) is 35.9 Å². The molecule has 1 atom stereocenters. The van der Waals surface area contributed by atoms with Crippen molar-refractivity contribution in [1.82, 2.24) is 31.9 Å². The molecule has 0 aromatic heterocycles. The Morgan fingerprint density at radius 1 is 0.892 bits per heavy atom. The molecule has 204 valence electrons. The van der Waals surface area contributed by atoms with Crippen LogP contribution in [-0.4, -0.2) is 79.3 Å². The van der Waals surface area contributed by atoms with Crippen LogP contribution in [0.1, 0.15) is 32.3 Å². The lowest BCUT2D eigenvalue weighted by Gasteiger charge is -2.24. The van der Waals surface area contributed by atoms with E-state index in [1.54, 1.807) is 31.3 Å². The number of carbonyl (C=O) groups is 6. The summed E-state index contributed by atoms with van der Waals surface area (Å²) in [6.07, 6.45) is 1.56. The fraction of sp³-hybridized carbons (Fsp3) is 0.500. The molecule has 0 aliphatic heterocycles. The van der Waals surface area contributed by atoms with Crippen LogP contribution < -0.4 is 31.9 Å². The van der Waals surface area contributed by atoms with Gasteiger partial charge in [-0.25, -0.2) is 0 Å². The average molecular weight is 537 g/mol. The fourth-order valence-electron chi connectivity index (χ4n) is 2.96. The molecule has 0 fully saturated rings. The van der Waals surface area contributed by atoms with Crippen molar-refractivity contribution in [3.63, 3.8) is 0 Å². The molecule has 1 rings (SSSR count). The normalized spacial score (nSPS) is 11.4. The molecule has 0 aliphatic rings. The Kier molecular flexibility index (Phi) is 14.4. The van der Waals surface area contributed by atoms with E-state index in [0.29, 0.717) is 25.1 Å². The van der Waals surface area contributed by atoms with Gasteiger partial charge in [0.1, 0.15) is 6.04 Å². The maximum atomic E-state index is 12.8. The van der Waals surface area contributed by atoms with Gasteiger partial charge in [0, 0.05) is 24.6 Å². The smallest absolute Gasteiger partial charge is 0.243 e. The van der Waals surface area contributed by atoms with E-state index in [-0.39, 0.29) is 36.7 Å². The average Bonchev–Trinajstić information content (AvgIpc) is 2.88. The van der Waals surface area contributed by atoms with Gasteiger partial charge in [-0.2, -0.15) is 0 Å². The van der Waals surface area contributed by atoms with Gasteiger partial charge in [-0.15, -0.1) is 11.8 Å². The topological polar surface area (TPSA) is 175 Å². The summed E-state index contributed by atoms with van der Waals surface area (Å²) in [6, 6.07) is 8.04. The second kappa shape index (κ2) is 17.0. The molecule has 1 aromatic carbocycles. The van der Waals surface area contributed by atoms with E-state index in [0.717, 1.165) is 5.56 Å². The Hall–Kier alpha value is -3.61. The van der Waals surface area contributed by atoms with Gasteiger partial charge >= 0.3 is 0 Å². The second-order valence-electron chi connectivity index (χ2n) is 8.62. The van der Waals surface area contributed by atoms with E-state index in [4.69, 9.17) is 0 Å². The van der Waals surface area contributed by atoms with Crippen LogP contribution >= 0.6 is 11.8 Å². The number of nitrogens with one attached hydrogen (secondary N) is 6. The van der Waals surface area contributed by atoms with E-state index >= 15 is 0 Å². The third-order valence-corrected chi connectivity index (χ3v) is 6.39. The largest absolute Gasteiger partial charge is 0.359 e. The van der Waals surface area contributed by atoms with Crippen LogP contribution in [0.15, 0.2) is 30.3 Å². The summed E-state index contributed by atoms with van der Waals surface area (Å²) >= 11 is 1.48. The molecule has 12 nitrogen and oxygen atoms in total. The fourth-order valence-corrected chi connectivity index (χ4v) is 3.83. The standard InChI is InChI=1S/C24H36N6O6S/c1-24(2,10-9-19(32)25-3)37-16-29-21(34)13-28-23(36)18(11-17-7-5-4-6-8-17)30-22(35)14-27-20(33)12-26-15-31/h4-8,15,18H,9-14,16H2,1-3H3,(H,25,32)(H,26,31)(H,27,33)(H,28,36)(H,29,34)(H,30,35). The van der Waals surface area contributed by atoms with Gasteiger partial charge in [-0.05, 0) is 12.0 Å². The molecule has 0 heterocycles. The highest BCUT2D eigenvalue weighted by Gasteiger charge is 2.23. The van der Waals surface area contributed by atoms with Crippen LogP contribution in [0.5, 0.6) is 0 Å². The lowest BCUT2D eigenvalue weighted by Crippen LogP contribution is -2.52. The van der Waals surface area contributed by atoms with Crippen LogP contribution in [0, 0.1) is 0 Å². The third-order valence-electron chi connectivity index (χ3n) is 5.11. The minimum absolute atomic E-state index is 0.0464. The van der Waals surface area contributed by atoms with Crippen LogP contribution in [0.2, 0.25) is 0 Å². The summed E-state index contributed by atoms with van der Waals surface area (Å²) in [5, 5.41) is 14.9. The molecular formula is C24H36N6O6S. The van der Waals surface area contributed by atoms with Gasteiger partial charge in [0.15, 0.2) is 0 Å². The van der Waals surface area contributed by atoms with Crippen molar-refractivity contribution >= 4 is 47.7 Å². The van der Waals surface area contributed by atoms with Crippen molar-refractivity contribution in [2.24, 2.45) is 0 Å². The Labute approximate surface area is 220 Å². The molecule has 13 heteroatoms. The minimum Gasteiger partial charge on any atom is -0.359 e. The molecule has 0 saturated carbocycles. The van der Waals surface area contributed by atoms with Crippen LogP contribution in [0.4, 0.5) is 0 Å². The van der Waals surface area contributed by atoms with Crippen molar-refractivity contribution < 1.29 is 28.8 Å². The Morgan fingerprint density at radius 2 is 1.54 bits per heavy atom. The molecule has 0 bridgehead atoms. The number of thioether (sulfide) groups is 1. The lowest BCUT2D eigenvalue weighted by molar-refractivity contribution is -0.130. The zero-order valence-electron chi connectivity index (χ0n) is 21.3. The first-order valence-electron chi connectivity index (χ1n) is 11.7. The minimum atomic E-state index is -0.981. The lowest BCUT2D eigenvalue weighted by atomic mass is 10.1. The molecule has 0 radical (unpaired) electrons. The van der Waals surface area contributed by atoms with Crippen molar-refractivity contribution in [3.05, 3.63) is 35.9 Å². The third kappa shape index (κ3) is 14.5. The Bertz CT molecular complexity index is 928. The Morgan fingerprint density at radius 3 is 2.19 bits per heavy atom. The summed E-state index contributed by atoms with van der Waals surface area (Å²) < 4.78 is -0.229. The first kappa shape index (κ1) is 31.4. The quantitative estimate of drug-likeness (QED) is 0.107. The zero-order chi connectivity index (χ0) is 27.7. The molecule has 37 heavy (non-hydrogen) atoms. The predicted octanol–water partition coefficient (Wildman–Crippen LogP) is -1.20. The highest BCUT2D eigenvalue weighted by molar-refractivity contribution is 8.00. The molecule has 1 unspecified atom stereocenters.